The minimum Gasteiger partial charge on any atom is -0.456 e. The van der Waals surface area contributed by atoms with Crippen LogP contribution in [0.2, 0.25) is 0 Å². The molecule has 26 heavy (non-hydrogen) atoms. The molecule has 142 valence electrons. The fourth-order valence-electron chi connectivity index (χ4n) is 2.39. The lowest BCUT2D eigenvalue weighted by Crippen LogP contribution is -2.34. The topological polar surface area (TPSA) is 128 Å². The van der Waals surface area contributed by atoms with Gasteiger partial charge in [-0.05, 0) is 19.4 Å². The Kier molecular flexibility index (Phi) is 7.20. The van der Waals surface area contributed by atoms with Crippen molar-refractivity contribution in [1.82, 2.24) is 10.4 Å². The van der Waals surface area contributed by atoms with Crippen molar-refractivity contribution >= 4 is 17.3 Å². The summed E-state index contributed by atoms with van der Waals surface area (Å²) in [6, 6.07) is 3.12. The molecule has 1 unspecified atom stereocenters. The zero-order valence-corrected chi connectivity index (χ0v) is 15.3. The average Bonchev–Trinajstić information content (AvgIpc) is 2.86. The quantitative estimate of drug-likeness (QED) is 0.478. The molecule has 0 radical (unpaired) electrons. The number of carbonyl (C=O) groups excluding carboxylic acids is 1. The summed E-state index contributed by atoms with van der Waals surface area (Å²) >= 11 is 0. The van der Waals surface area contributed by atoms with Crippen molar-refractivity contribution in [2.24, 2.45) is 0 Å². The number of non-ortho nitro benzene ring substituents is 2. The van der Waals surface area contributed by atoms with Crippen LogP contribution in [0.3, 0.4) is 0 Å². The number of nitrogens with zero attached hydrogens (tertiary/aromatic N) is 3. The van der Waals surface area contributed by atoms with Gasteiger partial charge in [0.05, 0.1) is 15.9 Å². The van der Waals surface area contributed by atoms with Crippen LogP contribution in [0.5, 0.6) is 0 Å². The second kappa shape index (κ2) is 8.90. The van der Waals surface area contributed by atoms with Crippen LogP contribution in [0.1, 0.15) is 33.3 Å². The van der Waals surface area contributed by atoms with Crippen LogP contribution < -0.4 is 5.43 Å². The molecular weight excluding hydrogens is 344 g/mol. The second-order valence-electron chi connectivity index (χ2n) is 5.39. The molecule has 10 heteroatoms. The summed E-state index contributed by atoms with van der Waals surface area (Å²) in [6.45, 7) is 7.37. The Labute approximate surface area is 150 Å². The van der Waals surface area contributed by atoms with Gasteiger partial charge in [0.25, 0.3) is 11.4 Å². The molecule has 0 saturated heterocycles. The van der Waals surface area contributed by atoms with Crippen molar-refractivity contribution in [1.29, 1.82) is 0 Å². The lowest BCUT2D eigenvalue weighted by Gasteiger charge is -2.16. The molecule has 1 N–H and O–H groups in total. The number of rotatable bonds is 5. The van der Waals surface area contributed by atoms with Gasteiger partial charge in [-0.15, -0.1) is 0 Å². The third-order valence-corrected chi connectivity index (χ3v) is 3.69. The number of benzene rings is 1. The fourth-order valence-corrected chi connectivity index (χ4v) is 2.39. The zero-order valence-electron chi connectivity index (χ0n) is 15.3. The summed E-state index contributed by atoms with van der Waals surface area (Å²) in [7, 11) is 1.67. The largest absolute Gasteiger partial charge is 0.456 e. The van der Waals surface area contributed by atoms with Crippen molar-refractivity contribution in [3.8, 4) is 0 Å². The number of carbonyl (C=O) groups is 1. The fraction of sp³-hybridized carbons (Fsp3) is 0.438. The van der Waals surface area contributed by atoms with Gasteiger partial charge in [-0.1, -0.05) is 13.8 Å². The summed E-state index contributed by atoms with van der Waals surface area (Å²) in [6.07, 6.45) is 0. The molecule has 0 saturated carbocycles. The Balaban J connectivity index is 0.00000163. The number of nitro benzene ring substituents is 2. The van der Waals surface area contributed by atoms with Crippen LogP contribution in [0, 0.1) is 20.2 Å². The van der Waals surface area contributed by atoms with Crippen molar-refractivity contribution in [2.75, 3.05) is 7.05 Å². The van der Waals surface area contributed by atoms with Gasteiger partial charge in [0, 0.05) is 30.8 Å². The highest BCUT2D eigenvalue weighted by Crippen LogP contribution is 2.24. The lowest BCUT2D eigenvalue weighted by molar-refractivity contribution is -0.394. The summed E-state index contributed by atoms with van der Waals surface area (Å²) in [5.74, 6) is -0.610. The highest BCUT2D eigenvalue weighted by molar-refractivity contribution is 5.89. The first-order valence-electron chi connectivity index (χ1n) is 8.01. The van der Waals surface area contributed by atoms with Crippen molar-refractivity contribution in [2.45, 2.75) is 40.3 Å². The van der Waals surface area contributed by atoms with E-state index in [9.17, 15) is 25.0 Å². The molecule has 0 amide bonds. The van der Waals surface area contributed by atoms with Gasteiger partial charge in [-0.2, -0.15) is 0 Å². The first-order chi connectivity index (χ1) is 12.2. The first kappa shape index (κ1) is 21.0. The summed E-state index contributed by atoms with van der Waals surface area (Å²) in [5, 5.41) is 23.2. The van der Waals surface area contributed by atoms with Crippen LogP contribution in [0.4, 0.5) is 11.4 Å². The second-order valence-corrected chi connectivity index (χ2v) is 5.39. The van der Waals surface area contributed by atoms with Crippen LogP contribution in [-0.2, 0) is 16.1 Å². The molecule has 0 aromatic heterocycles. The van der Waals surface area contributed by atoms with Gasteiger partial charge in [-0.3, -0.25) is 20.2 Å². The number of esters is 1. The van der Waals surface area contributed by atoms with E-state index in [0.717, 1.165) is 23.8 Å². The van der Waals surface area contributed by atoms with Gasteiger partial charge in [0.1, 0.15) is 12.3 Å². The minimum absolute atomic E-state index is 0.0172. The summed E-state index contributed by atoms with van der Waals surface area (Å²) in [4.78, 5) is 32.4. The summed E-state index contributed by atoms with van der Waals surface area (Å²) < 4.78 is 5.15. The molecule has 2 rings (SSSR count). The van der Waals surface area contributed by atoms with Crippen molar-refractivity contribution in [3.05, 3.63) is 55.3 Å². The lowest BCUT2D eigenvalue weighted by atomic mass is 10.1. The minimum atomic E-state index is -0.735. The molecule has 0 fully saturated rings. The number of hydrazine groups is 1. The van der Waals surface area contributed by atoms with Crippen LogP contribution >= 0.6 is 0 Å². The van der Waals surface area contributed by atoms with E-state index < -0.39 is 27.2 Å². The molecule has 1 atom stereocenters. The molecule has 0 bridgehead atoms. The van der Waals surface area contributed by atoms with E-state index in [2.05, 4.69) is 5.43 Å². The molecule has 1 aromatic carbocycles. The number of hydrogen-bond acceptors (Lipinski definition) is 8. The third-order valence-electron chi connectivity index (χ3n) is 3.69. The van der Waals surface area contributed by atoms with Crippen LogP contribution in [0.25, 0.3) is 0 Å². The number of nitrogens with one attached hydrogen (secondary N) is 1. The first-order valence-corrected chi connectivity index (χ1v) is 8.01. The maximum Gasteiger partial charge on any atom is 0.356 e. The number of ether oxygens (including phenoxy) is 1. The van der Waals surface area contributed by atoms with Gasteiger partial charge < -0.3 is 9.75 Å². The van der Waals surface area contributed by atoms with Crippen LogP contribution in [-0.4, -0.2) is 33.9 Å². The van der Waals surface area contributed by atoms with E-state index in [1.165, 1.54) is 5.01 Å². The molecule has 1 aliphatic heterocycles. The Hall–Kier alpha value is -3.01. The maximum absolute atomic E-state index is 12.2. The summed E-state index contributed by atoms with van der Waals surface area (Å²) in [5.41, 5.74) is 3.48. The SMILES string of the molecule is CC.CC1=C(C(=O)OCc2cc([N+](=O)[O-])cc([N+](=O)[O-])c2)N(C)NC1C. The maximum atomic E-state index is 12.2. The van der Waals surface area contributed by atoms with Gasteiger partial charge >= 0.3 is 5.97 Å². The molecule has 0 spiro atoms. The molecule has 1 heterocycles. The van der Waals surface area contributed by atoms with Gasteiger partial charge in [0.2, 0.25) is 0 Å². The number of nitro groups is 2. The third kappa shape index (κ3) is 4.76. The normalized spacial score (nSPS) is 16.0. The predicted molar refractivity (Wildman–Crippen MR) is 94.0 cm³/mol. The van der Waals surface area contributed by atoms with Gasteiger partial charge in [0.15, 0.2) is 0 Å². The highest BCUT2D eigenvalue weighted by Gasteiger charge is 2.29. The molecule has 1 aromatic rings. The molecule has 1 aliphatic rings. The Morgan fingerprint density at radius 2 is 1.69 bits per heavy atom. The van der Waals surface area contributed by atoms with Crippen molar-refractivity contribution in [3.63, 3.8) is 0 Å². The molecule has 10 nitrogen and oxygen atoms in total. The van der Waals surface area contributed by atoms with E-state index >= 15 is 0 Å². The van der Waals surface area contributed by atoms with E-state index in [4.69, 9.17) is 4.74 Å². The van der Waals surface area contributed by atoms with Crippen LogP contribution in [0.15, 0.2) is 29.5 Å². The highest BCUT2D eigenvalue weighted by atomic mass is 16.6. The zero-order chi connectivity index (χ0) is 20.0. The Bertz CT molecular complexity index is 714. The monoisotopic (exact) mass is 366 g/mol. The Morgan fingerprint density at radius 1 is 1.19 bits per heavy atom. The Morgan fingerprint density at radius 3 is 2.08 bits per heavy atom. The predicted octanol–water partition coefficient (Wildman–Crippen LogP) is 2.68. The number of likely N-dealkylation sites (N-methyl/N-ethyl adjacent to an activating group) is 1. The van der Waals surface area contributed by atoms with E-state index in [-0.39, 0.29) is 18.2 Å². The number of hydrogen-bond donors (Lipinski definition) is 1. The van der Waals surface area contributed by atoms with Crippen molar-refractivity contribution < 1.29 is 19.4 Å². The van der Waals surface area contributed by atoms with E-state index in [1.807, 2.05) is 20.8 Å². The average molecular weight is 366 g/mol. The van der Waals surface area contributed by atoms with Gasteiger partial charge in [-0.25, -0.2) is 10.2 Å². The smallest absolute Gasteiger partial charge is 0.356 e. The van der Waals surface area contributed by atoms with E-state index in [1.54, 1.807) is 14.0 Å². The van der Waals surface area contributed by atoms with E-state index in [0.29, 0.717) is 5.70 Å². The molecule has 0 aliphatic carbocycles. The standard InChI is InChI=1S/C14H16N4O6.C2H6/c1-8-9(2)15-16(3)13(8)14(19)24-7-10-4-11(17(20)21)6-12(5-10)18(22)23;1-2/h4-6,9,15H,7H2,1-3H3;1-2H3. The molecular formula is C16H22N4O6.